The Morgan fingerprint density at radius 2 is 2.05 bits per heavy atom. The van der Waals surface area contributed by atoms with Gasteiger partial charge in [0.2, 0.25) is 5.91 Å². The number of aryl methyl sites for hydroxylation is 1. The van der Waals surface area contributed by atoms with Crippen LogP contribution in [0.15, 0.2) is 42.5 Å². The van der Waals surface area contributed by atoms with Gasteiger partial charge in [0.05, 0.1) is 10.9 Å². The third kappa shape index (κ3) is 2.88. The van der Waals surface area contributed by atoms with E-state index in [1.807, 2.05) is 18.2 Å². The summed E-state index contributed by atoms with van der Waals surface area (Å²) in [6.07, 6.45) is 2.89. The zero-order chi connectivity index (χ0) is 14.8. The van der Waals surface area contributed by atoms with Gasteiger partial charge < -0.3 is 10.4 Å². The summed E-state index contributed by atoms with van der Waals surface area (Å²) < 4.78 is 0. The molecule has 0 aromatic heterocycles. The van der Waals surface area contributed by atoms with Crippen molar-refractivity contribution in [3.63, 3.8) is 0 Å². The van der Waals surface area contributed by atoms with Crippen LogP contribution in [0.1, 0.15) is 29.9 Å². The highest BCUT2D eigenvalue weighted by Crippen LogP contribution is 2.33. The van der Waals surface area contributed by atoms with Gasteiger partial charge in [-0.25, -0.2) is 0 Å². The third-order valence-electron chi connectivity index (χ3n) is 3.90. The Labute approximate surface area is 128 Å². The predicted molar refractivity (Wildman–Crippen MR) is 83.9 cm³/mol. The molecule has 0 bridgehead atoms. The van der Waals surface area contributed by atoms with Gasteiger partial charge in [0.25, 0.3) is 0 Å². The molecule has 0 fully saturated rings. The van der Waals surface area contributed by atoms with Crippen LogP contribution in [0, 0.1) is 0 Å². The number of hydrogen-bond donors (Lipinski definition) is 2. The number of benzene rings is 2. The molecule has 0 radical (unpaired) electrons. The second-order valence-electron chi connectivity index (χ2n) is 5.30. The summed E-state index contributed by atoms with van der Waals surface area (Å²) >= 11 is 5.77. The number of rotatable bonds is 2. The number of amides is 1. The van der Waals surface area contributed by atoms with Crippen LogP contribution in [-0.2, 0) is 11.2 Å². The van der Waals surface area contributed by atoms with Crippen LogP contribution in [0.4, 0.5) is 5.69 Å². The molecule has 21 heavy (non-hydrogen) atoms. The second-order valence-corrected chi connectivity index (χ2v) is 5.71. The Balaban J connectivity index is 1.81. The number of hydrogen-bond acceptors (Lipinski definition) is 2. The number of carbonyl (C=O) groups excluding carboxylic acids is 1. The normalized spacial score (nSPS) is 17.1. The van der Waals surface area contributed by atoms with Crippen molar-refractivity contribution >= 4 is 23.2 Å². The molecular formula is C17H16ClNO2. The van der Waals surface area contributed by atoms with Gasteiger partial charge in [-0.15, -0.1) is 0 Å². The molecule has 2 aromatic carbocycles. The van der Waals surface area contributed by atoms with E-state index in [4.69, 9.17) is 11.6 Å². The molecular weight excluding hydrogens is 286 g/mol. The Morgan fingerprint density at radius 3 is 2.86 bits per heavy atom. The summed E-state index contributed by atoms with van der Waals surface area (Å²) in [5, 5.41) is 12.7. The Morgan fingerprint density at radius 1 is 1.24 bits per heavy atom. The van der Waals surface area contributed by atoms with E-state index in [0.29, 0.717) is 5.69 Å². The lowest BCUT2D eigenvalue weighted by molar-refractivity contribution is -0.117. The van der Waals surface area contributed by atoms with Crippen molar-refractivity contribution in [3.8, 4) is 5.75 Å². The lowest BCUT2D eigenvalue weighted by Crippen LogP contribution is -2.24. The summed E-state index contributed by atoms with van der Waals surface area (Å²) in [4.78, 5) is 12.5. The summed E-state index contributed by atoms with van der Waals surface area (Å²) in [5.41, 5.74) is 2.92. The highest BCUT2D eigenvalue weighted by Gasteiger charge is 2.26. The Kier molecular flexibility index (Phi) is 3.84. The third-order valence-corrected chi connectivity index (χ3v) is 4.22. The van der Waals surface area contributed by atoms with Gasteiger partial charge in [-0.05, 0) is 42.5 Å². The number of fused-ring (bicyclic) bond motifs is 1. The van der Waals surface area contributed by atoms with Gasteiger partial charge in [-0.2, -0.15) is 0 Å². The molecule has 1 aliphatic carbocycles. The number of anilines is 1. The molecule has 0 heterocycles. The largest absolute Gasteiger partial charge is 0.506 e. The minimum atomic E-state index is -0.132. The standard InChI is InChI=1S/C17H16ClNO2/c18-15-9-8-12(10-16(15)20)19-17(21)14-7-3-5-11-4-1-2-6-13(11)14/h1-2,4,6,8-10,14,20H,3,5,7H2,(H,19,21). The average Bonchev–Trinajstić information content (AvgIpc) is 2.50. The molecule has 1 amide bonds. The molecule has 4 heteroatoms. The molecule has 108 valence electrons. The van der Waals surface area contributed by atoms with Crippen molar-refractivity contribution in [2.24, 2.45) is 0 Å². The molecule has 2 aromatic rings. The number of carbonyl (C=O) groups is 1. The van der Waals surface area contributed by atoms with Crippen molar-refractivity contribution in [3.05, 3.63) is 58.6 Å². The van der Waals surface area contributed by atoms with Gasteiger partial charge >= 0.3 is 0 Å². The molecule has 1 aliphatic rings. The molecule has 0 aliphatic heterocycles. The van der Waals surface area contributed by atoms with Crippen molar-refractivity contribution in [2.45, 2.75) is 25.2 Å². The fourth-order valence-electron chi connectivity index (χ4n) is 2.85. The van der Waals surface area contributed by atoms with Crippen molar-refractivity contribution in [2.75, 3.05) is 5.32 Å². The van der Waals surface area contributed by atoms with Gasteiger partial charge in [0, 0.05) is 11.8 Å². The minimum Gasteiger partial charge on any atom is -0.506 e. The van der Waals surface area contributed by atoms with E-state index in [1.54, 1.807) is 12.1 Å². The Bertz CT molecular complexity index is 684. The maximum absolute atomic E-state index is 12.5. The number of phenols is 1. The highest BCUT2D eigenvalue weighted by atomic mass is 35.5. The quantitative estimate of drug-likeness (QED) is 0.877. The first-order valence-electron chi connectivity index (χ1n) is 7.02. The molecule has 1 unspecified atom stereocenters. The fourth-order valence-corrected chi connectivity index (χ4v) is 2.96. The van der Waals surface area contributed by atoms with Gasteiger partial charge in [-0.1, -0.05) is 35.9 Å². The average molecular weight is 302 g/mol. The van der Waals surface area contributed by atoms with Gasteiger partial charge in [-0.3, -0.25) is 4.79 Å². The first kappa shape index (κ1) is 14.0. The van der Waals surface area contributed by atoms with E-state index in [-0.39, 0.29) is 22.6 Å². The minimum absolute atomic E-state index is 0.0292. The summed E-state index contributed by atoms with van der Waals surface area (Å²) in [6.45, 7) is 0. The van der Waals surface area contributed by atoms with E-state index in [0.717, 1.165) is 24.8 Å². The highest BCUT2D eigenvalue weighted by molar-refractivity contribution is 6.32. The summed E-state index contributed by atoms with van der Waals surface area (Å²) in [5.74, 6) is -0.199. The van der Waals surface area contributed by atoms with E-state index < -0.39 is 0 Å². The van der Waals surface area contributed by atoms with Crippen LogP contribution in [0.2, 0.25) is 5.02 Å². The maximum atomic E-state index is 12.5. The first-order chi connectivity index (χ1) is 10.1. The van der Waals surface area contributed by atoms with Gasteiger partial charge in [0.1, 0.15) is 5.75 Å². The first-order valence-corrected chi connectivity index (χ1v) is 7.40. The van der Waals surface area contributed by atoms with Crippen molar-refractivity contribution in [1.82, 2.24) is 0 Å². The molecule has 3 rings (SSSR count). The SMILES string of the molecule is O=C(Nc1ccc(Cl)c(O)c1)C1CCCc2ccccc21. The monoisotopic (exact) mass is 301 g/mol. The molecule has 2 N–H and O–H groups in total. The van der Waals surface area contributed by atoms with E-state index >= 15 is 0 Å². The van der Waals surface area contributed by atoms with E-state index in [9.17, 15) is 9.90 Å². The zero-order valence-electron chi connectivity index (χ0n) is 11.5. The Hall–Kier alpha value is -2.00. The molecule has 0 saturated heterocycles. The lowest BCUT2D eigenvalue weighted by Gasteiger charge is -2.24. The second kappa shape index (κ2) is 5.78. The smallest absolute Gasteiger partial charge is 0.231 e. The van der Waals surface area contributed by atoms with Crippen molar-refractivity contribution in [1.29, 1.82) is 0 Å². The van der Waals surface area contributed by atoms with Crippen LogP contribution in [0.5, 0.6) is 5.75 Å². The maximum Gasteiger partial charge on any atom is 0.231 e. The van der Waals surface area contributed by atoms with Crippen LogP contribution in [0.25, 0.3) is 0 Å². The predicted octanol–water partition coefficient (Wildman–Crippen LogP) is 4.10. The number of aromatic hydroxyl groups is 1. The zero-order valence-corrected chi connectivity index (χ0v) is 12.2. The topological polar surface area (TPSA) is 49.3 Å². The summed E-state index contributed by atoms with van der Waals surface area (Å²) in [6, 6.07) is 12.8. The van der Waals surface area contributed by atoms with Crippen LogP contribution < -0.4 is 5.32 Å². The van der Waals surface area contributed by atoms with Crippen LogP contribution in [-0.4, -0.2) is 11.0 Å². The van der Waals surface area contributed by atoms with E-state index in [1.165, 1.54) is 11.6 Å². The van der Waals surface area contributed by atoms with Crippen LogP contribution in [0.3, 0.4) is 0 Å². The van der Waals surface area contributed by atoms with Gasteiger partial charge in [0.15, 0.2) is 0 Å². The van der Waals surface area contributed by atoms with E-state index in [2.05, 4.69) is 11.4 Å². The van der Waals surface area contributed by atoms with Crippen LogP contribution >= 0.6 is 11.6 Å². The summed E-state index contributed by atoms with van der Waals surface area (Å²) in [7, 11) is 0. The lowest BCUT2D eigenvalue weighted by atomic mass is 9.82. The molecule has 0 spiro atoms. The molecule has 3 nitrogen and oxygen atoms in total. The molecule has 1 atom stereocenters. The fraction of sp³-hybridized carbons (Fsp3) is 0.235. The number of halogens is 1. The molecule has 0 saturated carbocycles. The number of phenolic OH excluding ortho intramolecular Hbond substituents is 1. The van der Waals surface area contributed by atoms with Crippen molar-refractivity contribution < 1.29 is 9.90 Å². The number of nitrogens with one attached hydrogen (secondary N) is 1.